The average Bonchev–Trinajstić information content (AvgIpc) is 2.70. The van der Waals surface area contributed by atoms with Gasteiger partial charge in [0.1, 0.15) is 0 Å². The summed E-state index contributed by atoms with van der Waals surface area (Å²) in [6.07, 6.45) is 2.78. The first-order valence-electron chi connectivity index (χ1n) is 9.69. The highest BCUT2D eigenvalue weighted by atomic mass is 35.5. The number of piperidine rings is 1. The third kappa shape index (κ3) is 5.57. The highest BCUT2D eigenvalue weighted by molar-refractivity contribution is 6.34. The van der Waals surface area contributed by atoms with Gasteiger partial charge in [-0.05, 0) is 68.1 Å². The summed E-state index contributed by atoms with van der Waals surface area (Å²) in [6.45, 7) is 4.16. The zero-order chi connectivity index (χ0) is 19.9. The summed E-state index contributed by atoms with van der Waals surface area (Å²) in [4.78, 5) is 25.0. The van der Waals surface area contributed by atoms with Crippen molar-refractivity contribution in [3.63, 3.8) is 0 Å². The van der Waals surface area contributed by atoms with Crippen LogP contribution in [-0.2, 0) is 4.79 Å². The molecular weight excluding hydrogens is 374 g/mol. The summed E-state index contributed by atoms with van der Waals surface area (Å²) < 4.78 is 0. The van der Waals surface area contributed by atoms with Gasteiger partial charge in [-0.1, -0.05) is 36.7 Å². The third-order valence-electron chi connectivity index (χ3n) is 5.17. The first kappa shape index (κ1) is 20.4. The minimum absolute atomic E-state index is 0.0465. The number of amides is 2. The lowest BCUT2D eigenvalue weighted by molar-refractivity contribution is -0.117. The van der Waals surface area contributed by atoms with Gasteiger partial charge in [0.25, 0.3) is 5.91 Å². The molecule has 0 aromatic heterocycles. The van der Waals surface area contributed by atoms with E-state index >= 15 is 0 Å². The maximum Gasteiger partial charge on any atom is 0.257 e. The number of rotatable bonds is 6. The molecule has 5 nitrogen and oxygen atoms in total. The minimum atomic E-state index is -0.311. The number of benzene rings is 2. The molecule has 1 aliphatic rings. The number of para-hydroxylation sites is 1. The lowest BCUT2D eigenvalue weighted by atomic mass is 9.85. The fraction of sp³-hybridized carbons (Fsp3) is 0.364. The Labute approximate surface area is 170 Å². The maximum atomic E-state index is 12.5. The lowest BCUT2D eigenvalue weighted by Gasteiger charge is -2.28. The van der Waals surface area contributed by atoms with Gasteiger partial charge >= 0.3 is 0 Å². The Morgan fingerprint density at radius 2 is 1.93 bits per heavy atom. The zero-order valence-electron chi connectivity index (χ0n) is 16.0. The number of halogens is 1. The molecule has 3 rings (SSSR count). The molecule has 2 aromatic carbocycles. The van der Waals surface area contributed by atoms with E-state index in [-0.39, 0.29) is 11.8 Å². The van der Waals surface area contributed by atoms with Crippen LogP contribution in [0.5, 0.6) is 0 Å². The van der Waals surface area contributed by atoms with Crippen molar-refractivity contribution in [3.8, 4) is 0 Å². The molecular formula is C22H26ClN3O2. The third-order valence-corrected chi connectivity index (χ3v) is 5.50. The molecule has 0 saturated carbocycles. The van der Waals surface area contributed by atoms with E-state index in [2.05, 4.69) is 22.9 Å². The average molecular weight is 400 g/mol. The molecule has 6 heteroatoms. The Morgan fingerprint density at radius 1 is 1.14 bits per heavy atom. The minimum Gasteiger partial charge on any atom is -0.326 e. The van der Waals surface area contributed by atoms with E-state index in [1.54, 1.807) is 30.3 Å². The molecule has 0 spiro atoms. The summed E-state index contributed by atoms with van der Waals surface area (Å²) >= 11 is 6.20. The van der Waals surface area contributed by atoms with E-state index in [1.165, 1.54) is 0 Å². The molecule has 2 amide bonds. The second-order valence-corrected chi connectivity index (χ2v) is 7.76. The summed E-state index contributed by atoms with van der Waals surface area (Å²) in [5, 5.41) is 9.45. The van der Waals surface area contributed by atoms with Crippen LogP contribution in [-0.4, -0.2) is 24.9 Å². The fourth-order valence-electron chi connectivity index (χ4n) is 3.53. The van der Waals surface area contributed by atoms with Crippen LogP contribution in [0.15, 0.2) is 48.5 Å². The molecule has 1 heterocycles. The zero-order valence-corrected chi connectivity index (χ0v) is 16.8. The van der Waals surface area contributed by atoms with E-state index in [4.69, 9.17) is 11.6 Å². The van der Waals surface area contributed by atoms with Gasteiger partial charge in [0.2, 0.25) is 5.91 Å². The van der Waals surface area contributed by atoms with Gasteiger partial charge in [-0.25, -0.2) is 0 Å². The Hall–Kier alpha value is -2.37. The van der Waals surface area contributed by atoms with Crippen LogP contribution in [0.25, 0.3) is 0 Å². The molecule has 148 valence electrons. The van der Waals surface area contributed by atoms with Gasteiger partial charge in [-0.3, -0.25) is 9.59 Å². The van der Waals surface area contributed by atoms with Crippen molar-refractivity contribution in [2.75, 3.05) is 23.7 Å². The first-order chi connectivity index (χ1) is 13.5. The maximum absolute atomic E-state index is 12.5. The Morgan fingerprint density at radius 3 is 2.64 bits per heavy atom. The summed E-state index contributed by atoms with van der Waals surface area (Å²) in [6, 6.07) is 14.1. The SMILES string of the molecule is CC(CC(=O)Nc1ccc(Cl)c(C(=O)Nc2ccccc2)c1)C1CCCNC1. The van der Waals surface area contributed by atoms with Crippen LogP contribution in [0.3, 0.4) is 0 Å². The largest absolute Gasteiger partial charge is 0.326 e. The van der Waals surface area contributed by atoms with Crippen LogP contribution < -0.4 is 16.0 Å². The molecule has 2 atom stereocenters. The molecule has 2 aromatic rings. The van der Waals surface area contributed by atoms with Crippen molar-refractivity contribution in [3.05, 3.63) is 59.1 Å². The van der Waals surface area contributed by atoms with Gasteiger partial charge in [0.15, 0.2) is 0 Å². The number of hydrogen-bond acceptors (Lipinski definition) is 3. The fourth-order valence-corrected chi connectivity index (χ4v) is 3.74. The molecule has 0 bridgehead atoms. The van der Waals surface area contributed by atoms with Gasteiger partial charge in [0.05, 0.1) is 10.6 Å². The van der Waals surface area contributed by atoms with Gasteiger partial charge in [0, 0.05) is 17.8 Å². The standard InChI is InChI=1S/C22H26ClN3O2/c1-15(16-6-5-11-24-14-16)12-21(27)25-18-9-10-20(23)19(13-18)22(28)26-17-7-3-2-4-8-17/h2-4,7-10,13,15-16,24H,5-6,11-12,14H2,1H3,(H,25,27)(H,26,28). The predicted octanol–water partition coefficient (Wildman–Crippen LogP) is 4.56. The van der Waals surface area contributed by atoms with E-state index in [0.29, 0.717) is 40.2 Å². The smallest absolute Gasteiger partial charge is 0.257 e. The Balaban J connectivity index is 1.62. The van der Waals surface area contributed by atoms with Crippen LogP contribution in [0.1, 0.15) is 36.5 Å². The summed E-state index contributed by atoms with van der Waals surface area (Å²) in [5.74, 6) is 0.474. The van der Waals surface area contributed by atoms with Crippen molar-refractivity contribution >= 4 is 34.8 Å². The number of carbonyl (C=O) groups excluding carboxylic acids is 2. The van der Waals surface area contributed by atoms with Gasteiger partial charge < -0.3 is 16.0 Å². The molecule has 1 fully saturated rings. The molecule has 3 N–H and O–H groups in total. The molecule has 1 aliphatic heterocycles. The van der Waals surface area contributed by atoms with Crippen molar-refractivity contribution < 1.29 is 9.59 Å². The van der Waals surface area contributed by atoms with Crippen molar-refractivity contribution in [1.29, 1.82) is 0 Å². The Bertz CT molecular complexity index is 820. The summed E-state index contributed by atoms with van der Waals surface area (Å²) in [5.41, 5.74) is 1.59. The second-order valence-electron chi connectivity index (χ2n) is 7.35. The van der Waals surface area contributed by atoms with E-state index in [1.807, 2.05) is 18.2 Å². The highest BCUT2D eigenvalue weighted by Crippen LogP contribution is 2.25. The number of nitrogens with one attached hydrogen (secondary N) is 3. The number of hydrogen-bond donors (Lipinski definition) is 3. The molecule has 1 saturated heterocycles. The van der Waals surface area contributed by atoms with E-state index in [9.17, 15) is 9.59 Å². The topological polar surface area (TPSA) is 70.2 Å². The van der Waals surface area contributed by atoms with Gasteiger partial charge in [-0.2, -0.15) is 0 Å². The van der Waals surface area contributed by atoms with Gasteiger partial charge in [-0.15, -0.1) is 0 Å². The second kappa shape index (κ2) is 9.71. The predicted molar refractivity (Wildman–Crippen MR) is 114 cm³/mol. The lowest BCUT2D eigenvalue weighted by Crippen LogP contribution is -2.34. The normalized spacial score (nSPS) is 17.6. The van der Waals surface area contributed by atoms with Crippen LogP contribution in [0.4, 0.5) is 11.4 Å². The monoisotopic (exact) mass is 399 g/mol. The first-order valence-corrected chi connectivity index (χ1v) is 10.1. The molecule has 0 radical (unpaired) electrons. The number of carbonyl (C=O) groups is 2. The van der Waals surface area contributed by atoms with Crippen molar-refractivity contribution in [1.82, 2.24) is 5.32 Å². The van der Waals surface area contributed by atoms with E-state index < -0.39 is 0 Å². The quantitative estimate of drug-likeness (QED) is 0.667. The van der Waals surface area contributed by atoms with Crippen molar-refractivity contribution in [2.24, 2.45) is 11.8 Å². The molecule has 2 unspecified atom stereocenters. The van der Waals surface area contributed by atoms with Crippen LogP contribution in [0, 0.1) is 11.8 Å². The van der Waals surface area contributed by atoms with Crippen LogP contribution >= 0.6 is 11.6 Å². The summed E-state index contributed by atoms with van der Waals surface area (Å²) in [7, 11) is 0. The van der Waals surface area contributed by atoms with Crippen LogP contribution in [0.2, 0.25) is 5.02 Å². The Kier molecular flexibility index (Phi) is 7.06. The molecule has 28 heavy (non-hydrogen) atoms. The van der Waals surface area contributed by atoms with Crippen molar-refractivity contribution in [2.45, 2.75) is 26.2 Å². The molecule has 0 aliphatic carbocycles. The van der Waals surface area contributed by atoms with E-state index in [0.717, 1.165) is 25.9 Å². The highest BCUT2D eigenvalue weighted by Gasteiger charge is 2.22. The number of anilines is 2.